The summed E-state index contributed by atoms with van der Waals surface area (Å²) in [6.45, 7) is 0.445. The second-order valence-corrected chi connectivity index (χ2v) is 7.90. The highest BCUT2D eigenvalue weighted by atomic mass is 16.5. The second-order valence-electron chi connectivity index (χ2n) is 7.90. The predicted octanol–water partition coefficient (Wildman–Crippen LogP) is 3.62. The minimum Gasteiger partial charge on any atom is -0.497 e. The van der Waals surface area contributed by atoms with E-state index >= 15 is 0 Å². The van der Waals surface area contributed by atoms with Gasteiger partial charge in [0.25, 0.3) is 0 Å². The van der Waals surface area contributed by atoms with Gasteiger partial charge in [-0.3, -0.25) is 0 Å². The van der Waals surface area contributed by atoms with Crippen molar-refractivity contribution in [3.8, 4) is 17.2 Å². The summed E-state index contributed by atoms with van der Waals surface area (Å²) in [5.41, 5.74) is 2.24. The van der Waals surface area contributed by atoms with E-state index in [0.717, 1.165) is 22.6 Å². The van der Waals surface area contributed by atoms with Crippen LogP contribution in [0.25, 0.3) is 0 Å². The number of para-hydroxylation sites is 1. The molecule has 0 radical (unpaired) electrons. The molecule has 3 N–H and O–H groups in total. The van der Waals surface area contributed by atoms with E-state index in [1.165, 1.54) is 0 Å². The van der Waals surface area contributed by atoms with Gasteiger partial charge in [-0.05, 0) is 53.9 Å². The monoisotopic (exact) mass is 451 g/mol. The Kier molecular flexibility index (Phi) is 9.57. The number of methoxy groups -OCH3 is 2. The Bertz CT molecular complexity index is 883. The van der Waals surface area contributed by atoms with Gasteiger partial charge in [-0.2, -0.15) is 0 Å². The van der Waals surface area contributed by atoms with Gasteiger partial charge in [-0.25, -0.2) is 0 Å². The van der Waals surface area contributed by atoms with Crippen molar-refractivity contribution in [1.82, 2.24) is 5.32 Å². The molecule has 0 spiro atoms. The van der Waals surface area contributed by atoms with Crippen LogP contribution in [0.5, 0.6) is 17.2 Å². The van der Waals surface area contributed by atoms with Crippen molar-refractivity contribution < 1.29 is 24.4 Å². The number of hydrogen-bond donors (Lipinski definition) is 3. The zero-order valence-electron chi connectivity index (χ0n) is 19.2. The van der Waals surface area contributed by atoms with Gasteiger partial charge in [-0.15, -0.1) is 0 Å². The highest BCUT2D eigenvalue weighted by Gasteiger charge is 2.21. The molecule has 33 heavy (non-hydrogen) atoms. The molecule has 6 nitrogen and oxygen atoms in total. The van der Waals surface area contributed by atoms with E-state index in [1.54, 1.807) is 14.2 Å². The van der Waals surface area contributed by atoms with Crippen LogP contribution in [0.2, 0.25) is 0 Å². The highest BCUT2D eigenvalue weighted by molar-refractivity contribution is 5.38. The fourth-order valence-electron chi connectivity index (χ4n) is 3.71. The maximum Gasteiger partial charge on any atom is 0.119 e. The molecule has 0 bridgehead atoms. The molecule has 0 fully saturated rings. The number of hydrogen-bond acceptors (Lipinski definition) is 6. The van der Waals surface area contributed by atoms with Gasteiger partial charge in [0.1, 0.15) is 30.0 Å². The summed E-state index contributed by atoms with van der Waals surface area (Å²) >= 11 is 0. The molecular formula is C27H33NO5. The van der Waals surface area contributed by atoms with Crippen LogP contribution in [0, 0.1) is 0 Å². The van der Waals surface area contributed by atoms with Gasteiger partial charge in [0.05, 0.1) is 20.8 Å². The molecule has 0 saturated carbocycles. The first kappa shape index (κ1) is 24.6. The number of rotatable bonds is 13. The van der Waals surface area contributed by atoms with Gasteiger partial charge < -0.3 is 29.7 Å². The van der Waals surface area contributed by atoms with E-state index in [9.17, 15) is 10.2 Å². The Morgan fingerprint density at radius 3 is 1.79 bits per heavy atom. The second kappa shape index (κ2) is 12.8. The standard InChI is InChI=1S/C27H33NO5/c1-31-24-12-8-20(9-13-24)27(21-10-14-25(32-2)15-11-21)16-22(18-29)28-17-23(30)19-33-26-6-4-3-5-7-26/h3-15,22-23,27-30H,16-19H2,1-2H3/t22-,23-/m0/s1. The number of ether oxygens (including phenoxy) is 3. The van der Waals surface area contributed by atoms with Crippen LogP contribution in [-0.4, -0.2) is 56.3 Å². The van der Waals surface area contributed by atoms with Crippen molar-refractivity contribution in [1.29, 1.82) is 0 Å². The maximum absolute atomic E-state index is 10.3. The van der Waals surface area contributed by atoms with Gasteiger partial charge >= 0.3 is 0 Å². The summed E-state index contributed by atoms with van der Waals surface area (Å²) < 4.78 is 16.2. The lowest BCUT2D eigenvalue weighted by Crippen LogP contribution is -2.40. The lowest BCUT2D eigenvalue weighted by atomic mass is 9.86. The summed E-state index contributed by atoms with van der Waals surface area (Å²) in [6, 6.07) is 25.1. The number of benzene rings is 3. The Hall–Kier alpha value is -3.06. The van der Waals surface area contributed by atoms with E-state index in [-0.39, 0.29) is 25.2 Å². The Balaban J connectivity index is 1.65. The molecule has 0 aromatic heterocycles. The molecule has 3 aromatic carbocycles. The molecule has 2 atom stereocenters. The van der Waals surface area contributed by atoms with Crippen molar-refractivity contribution in [2.24, 2.45) is 0 Å². The Morgan fingerprint density at radius 1 is 0.758 bits per heavy atom. The zero-order valence-corrected chi connectivity index (χ0v) is 19.2. The molecule has 3 aromatic rings. The average Bonchev–Trinajstić information content (AvgIpc) is 2.88. The number of aliphatic hydroxyl groups excluding tert-OH is 2. The van der Waals surface area contributed by atoms with Crippen LogP contribution in [0.15, 0.2) is 78.9 Å². The summed E-state index contributed by atoms with van der Waals surface area (Å²) in [5, 5.41) is 23.7. The van der Waals surface area contributed by atoms with Crippen LogP contribution in [0.1, 0.15) is 23.5 Å². The predicted molar refractivity (Wildman–Crippen MR) is 129 cm³/mol. The van der Waals surface area contributed by atoms with Crippen molar-refractivity contribution in [3.05, 3.63) is 90.0 Å². The molecule has 0 unspecified atom stereocenters. The number of nitrogens with one attached hydrogen (secondary N) is 1. The SMILES string of the molecule is COc1ccc(C(C[C@@H](CO)NC[C@H](O)COc2ccccc2)c2ccc(OC)cc2)cc1. The summed E-state index contributed by atoms with van der Waals surface area (Å²) in [4.78, 5) is 0. The minimum absolute atomic E-state index is 0.0455. The molecule has 0 saturated heterocycles. The third-order valence-electron chi connectivity index (χ3n) is 5.60. The topological polar surface area (TPSA) is 80.2 Å². The van der Waals surface area contributed by atoms with Crippen LogP contribution in [-0.2, 0) is 0 Å². The van der Waals surface area contributed by atoms with Crippen LogP contribution >= 0.6 is 0 Å². The lowest BCUT2D eigenvalue weighted by Gasteiger charge is -2.25. The van der Waals surface area contributed by atoms with E-state index < -0.39 is 6.10 Å². The highest BCUT2D eigenvalue weighted by Crippen LogP contribution is 2.31. The molecule has 0 aliphatic carbocycles. The molecule has 6 heteroatoms. The van der Waals surface area contributed by atoms with E-state index in [4.69, 9.17) is 14.2 Å². The summed E-state index contributed by atoms with van der Waals surface area (Å²) in [6.07, 6.45) is -0.0406. The quantitative estimate of drug-likeness (QED) is 0.368. The van der Waals surface area contributed by atoms with Crippen LogP contribution in [0.4, 0.5) is 0 Å². The molecule has 3 rings (SSSR count). The summed E-state index contributed by atoms with van der Waals surface area (Å²) in [5.74, 6) is 2.36. The zero-order chi connectivity index (χ0) is 23.5. The molecule has 0 aliphatic heterocycles. The first-order valence-corrected chi connectivity index (χ1v) is 11.1. The fourth-order valence-corrected chi connectivity index (χ4v) is 3.71. The lowest BCUT2D eigenvalue weighted by molar-refractivity contribution is 0.0988. The molecular weight excluding hydrogens is 418 g/mol. The normalized spacial score (nSPS) is 12.9. The van der Waals surface area contributed by atoms with E-state index in [0.29, 0.717) is 18.7 Å². The minimum atomic E-state index is -0.695. The first-order valence-electron chi connectivity index (χ1n) is 11.1. The molecule has 0 heterocycles. The summed E-state index contributed by atoms with van der Waals surface area (Å²) in [7, 11) is 3.29. The Morgan fingerprint density at radius 2 is 1.30 bits per heavy atom. The van der Waals surface area contributed by atoms with Crippen molar-refractivity contribution >= 4 is 0 Å². The molecule has 0 aliphatic rings. The third-order valence-corrected chi connectivity index (χ3v) is 5.60. The van der Waals surface area contributed by atoms with Crippen LogP contribution in [0.3, 0.4) is 0 Å². The van der Waals surface area contributed by atoms with Crippen molar-refractivity contribution in [2.75, 3.05) is 34.0 Å². The van der Waals surface area contributed by atoms with Crippen molar-refractivity contribution in [3.63, 3.8) is 0 Å². The Labute approximate surface area is 195 Å². The third kappa shape index (κ3) is 7.49. The van der Waals surface area contributed by atoms with Crippen LogP contribution < -0.4 is 19.5 Å². The molecule has 0 amide bonds. The average molecular weight is 452 g/mol. The van der Waals surface area contributed by atoms with Gasteiger partial charge in [0.15, 0.2) is 0 Å². The first-order chi connectivity index (χ1) is 16.1. The fraction of sp³-hybridized carbons (Fsp3) is 0.333. The van der Waals surface area contributed by atoms with Gasteiger partial charge in [-0.1, -0.05) is 42.5 Å². The van der Waals surface area contributed by atoms with Crippen molar-refractivity contribution in [2.45, 2.75) is 24.5 Å². The van der Waals surface area contributed by atoms with Gasteiger partial charge in [0, 0.05) is 18.5 Å². The number of aliphatic hydroxyl groups is 2. The largest absolute Gasteiger partial charge is 0.497 e. The van der Waals surface area contributed by atoms with E-state index in [2.05, 4.69) is 5.32 Å². The smallest absolute Gasteiger partial charge is 0.119 e. The molecule has 176 valence electrons. The van der Waals surface area contributed by atoms with Gasteiger partial charge in [0.2, 0.25) is 0 Å². The van der Waals surface area contributed by atoms with E-state index in [1.807, 2.05) is 78.9 Å². The maximum atomic E-state index is 10.3.